The van der Waals surface area contributed by atoms with Crippen LogP contribution < -0.4 is 10.1 Å². The molecule has 6 rings (SSSR count). The number of nitrogens with zero attached hydrogens (tertiary/aromatic N) is 6. The fraction of sp³-hybridized carbons (Fsp3) is 0.0588. The number of hydrogen-bond acceptors (Lipinski definition) is 18. The van der Waals surface area contributed by atoms with Crippen molar-refractivity contribution in [3.63, 3.8) is 0 Å². The average Bonchev–Trinajstić information content (AvgIpc) is 3.15. The van der Waals surface area contributed by atoms with E-state index in [1.165, 1.54) is 61.7 Å². The van der Waals surface area contributed by atoms with Crippen molar-refractivity contribution in [3.8, 4) is 17.2 Å². The molecule has 0 saturated heterocycles. The zero-order valence-electron chi connectivity index (χ0n) is 29.1. The van der Waals surface area contributed by atoms with Crippen LogP contribution >= 0.6 is 21.7 Å². The van der Waals surface area contributed by atoms with Gasteiger partial charge in [0, 0.05) is 58.1 Å². The molecule has 6 aromatic rings. The van der Waals surface area contributed by atoms with E-state index in [1.54, 1.807) is 25.2 Å². The molecule has 0 aromatic heterocycles. The van der Waals surface area contributed by atoms with Gasteiger partial charge in [-0.2, -0.15) is 13.5 Å². The van der Waals surface area contributed by atoms with Gasteiger partial charge in [-0.25, -0.2) is 0 Å². The molecule has 57 heavy (non-hydrogen) atoms. The minimum atomic E-state index is -4.65. The molecule has 0 atom stereocenters. The molecule has 303 valence electrons. The van der Waals surface area contributed by atoms with Crippen LogP contribution in [0.5, 0.6) is 17.2 Å². The SMILES string of the molecule is CNc1ccc2cc(S(O)(O)O)c(N=Nc3cc(OC)c(N=Nc4ccc(N=Nc5ccc(S(O)(O)O)cc5)c5ccc(S(=O)(=O)O)cc45)cc3O)c(O)c2c1.[Cu]. The molecule has 0 aliphatic carbocycles. The van der Waals surface area contributed by atoms with Gasteiger partial charge in [0.2, 0.25) is 0 Å². The predicted octanol–water partition coefficient (Wildman–Crippen LogP) is 11.1. The van der Waals surface area contributed by atoms with Gasteiger partial charge in [0.05, 0.1) is 38.9 Å². The number of aromatic hydroxyl groups is 2. The molecule has 0 unspecified atom stereocenters. The second-order valence-electron chi connectivity index (χ2n) is 11.7. The number of ether oxygens (including phenoxy) is 1. The summed E-state index contributed by atoms with van der Waals surface area (Å²) < 4.78 is 97.9. The van der Waals surface area contributed by atoms with Crippen molar-refractivity contribution >= 4 is 93.2 Å². The smallest absolute Gasteiger partial charge is 0.294 e. The van der Waals surface area contributed by atoms with E-state index in [4.69, 9.17) is 4.74 Å². The Bertz CT molecular complexity index is 2710. The summed E-state index contributed by atoms with van der Waals surface area (Å²) in [5.74, 6) is -1.03. The number of azo groups is 3. The van der Waals surface area contributed by atoms with Crippen molar-refractivity contribution in [2.45, 2.75) is 14.7 Å². The zero-order valence-corrected chi connectivity index (χ0v) is 32.5. The summed E-state index contributed by atoms with van der Waals surface area (Å²) in [5, 5.41) is 50.6. The Morgan fingerprint density at radius 1 is 0.579 bits per heavy atom. The maximum Gasteiger partial charge on any atom is 0.294 e. The van der Waals surface area contributed by atoms with E-state index in [2.05, 4.69) is 36.0 Å². The Morgan fingerprint density at radius 2 is 1.19 bits per heavy atom. The van der Waals surface area contributed by atoms with Crippen molar-refractivity contribution in [1.29, 1.82) is 0 Å². The molecule has 0 aliphatic heterocycles. The Balaban J connectivity index is 0.00000620. The van der Waals surface area contributed by atoms with E-state index in [9.17, 15) is 50.5 Å². The number of phenols is 2. The minimum Gasteiger partial charge on any atom is -0.506 e. The molecule has 6 aromatic carbocycles. The van der Waals surface area contributed by atoms with Crippen LogP contribution in [0.25, 0.3) is 21.5 Å². The van der Waals surface area contributed by atoms with Gasteiger partial charge in [-0.3, -0.25) is 4.55 Å². The van der Waals surface area contributed by atoms with Crippen molar-refractivity contribution in [2.75, 3.05) is 19.5 Å². The molecule has 0 saturated carbocycles. The van der Waals surface area contributed by atoms with Gasteiger partial charge in [0.1, 0.15) is 50.3 Å². The van der Waals surface area contributed by atoms with Crippen LogP contribution in [0.1, 0.15) is 0 Å². The second kappa shape index (κ2) is 16.7. The Labute approximate surface area is 337 Å². The van der Waals surface area contributed by atoms with Gasteiger partial charge in [0.15, 0.2) is 5.75 Å². The van der Waals surface area contributed by atoms with Crippen molar-refractivity contribution in [3.05, 3.63) is 91.0 Å². The number of hydrogen-bond donors (Lipinski definition) is 10. The van der Waals surface area contributed by atoms with E-state index in [1.807, 2.05) is 0 Å². The topological polar surface area (TPSA) is 312 Å². The van der Waals surface area contributed by atoms with Gasteiger partial charge in [0.25, 0.3) is 10.1 Å². The summed E-state index contributed by atoms with van der Waals surface area (Å²) in [6.45, 7) is 0. The molecular weight excluding hydrogens is 858 g/mol. The van der Waals surface area contributed by atoms with Gasteiger partial charge in [-0.05, 0) is 72.1 Å². The molecule has 0 bridgehead atoms. The summed E-state index contributed by atoms with van der Waals surface area (Å²) in [6, 6.07) is 20.3. The summed E-state index contributed by atoms with van der Waals surface area (Å²) in [6.07, 6.45) is 0. The summed E-state index contributed by atoms with van der Waals surface area (Å²) in [4.78, 5) is -1.09. The van der Waals surface area contributed by atoms with Crippen molar-refractivity contribution < 1.29 is 72.3 Å². The summed E-state index contributed by atoms with van der Waals surface area (Å²) >= 11 is 0. The molecular formula is C34H31CuN7O12S3. The number of benzene rings is 6. The fourth-order valence-corrected chi connectivity index (χ4v) is 7.01. The van der Waals surface area contributed by atoms with E-state index in [0.29, 0.717) is 16.5 Å². The number of nitrogens with one attached hydrogen (secondary N) is 1. The van der Waals surface area contributed by atoms with Gasteiger partial charge >= 0.3 is 0 Å². The number of phenolic OH excluding ortho intramolecular Hbond substituents is 2. The van der Waals surface area contributed by atoms with Gasteiger partial charge < -0.3 is 47.6 Å². The van der Waals surface area contributed by atoms with Crippen LogP contribution in [-0.2, 0) is 27.2 Å². The van der Waals surface area contributed by atoms with E-state index >= 15 is 0 Å². The molecule has 0 heterocycles. The van der Waals surface area contributed by atoms with Crippen LogP contribution in [0.3, 0.4) is 0 Å². The Hall–Kier alpha value is -5.27. The normalized spacial score (nSPS) is 13.1. The maximum atomic E-state index is 12.0. The van der Waals surface area contributed by atoms with Gasteiger partial charge in [-0.15, -0.1) is 25.6 Å². The molecule has 0 aliphatic rings. The number of anilines is 1. The summed E-state index contributed by atoms with van der Waals surface area (Å²) in [5.41, 5.74) is 0.500. The quantitative estimate of drug-likeness (QED) is 0.0329. The number of fused-ring (bicyclic) bond motifs is 2. The number of rotatable bonds is 11. The molecule has 0 spiro atoms. The van der Waals surface area contributed by atoms with E-state index < -0.39 is 58.8 Å². The van der Waals surface area contributed by atoms with Crippen LogP contribution in [0.15, 0.2) is 136 Å². The third-order valence-corrected chi connectivity index (χ3v) is 10.8. The van der Waals surface area contributed by atoms with Crippen molar-refractivity contribution in [2.24, 2.45) is 30.7 Å². The minimum absolute atomic E-state index is 0. The first kappa shape index (κ1) is 42.9. The first-order chi connectivity index (χ1) is 26.4. The largest absolute Gasteiger partial charge is 0.506 e. The fourth-order valence-electron chi connectivity index (χ4n) is 5.32. The summed E-state index contributed by atoms with van der Waals surface area (Å²) in [7, 11) is -10.0. The standard InChI is InChI=1S/C34H31N7O12S3.Cu/c1-35-20-4-3-18-13-32(56(50,51)52)33(34(43)24(18)14-20)41-39-28-17-31(53-2)29(16-30(28)42)40-38-27-12-11-26(23-10-9-22(15-25(23)27)55(47,48)49)37-36-19-5-7-21(8-6-19)54(44,45)46;/h3-17,35,42-46,50-52H,1-2H3,(H,47,48,49);. The Morgan fingerprint density at radius 3 is 1.81 bits per heavy atom. The molecule has 19 nitrogen and oxygen atoms in total. The van der Waals surface area contributed by atoms with E-state index in [0.717, 1.165) is 18.2 Å². The average molecular weight is 889 g/mol. The van der Waals surface area contributed by atoms with Crippen LogP contribution in [0.2, 0.25) is 0 Å². The maximum absolute atomic E-state index is 12.0. The third kappa shape index (κ3) is 9.48. The molecule has 0 fully saturated rings. The number of methoxy groups -OCH3 is 1. The Kier molecular flexibility index (Phi) is 12.5. The molecule has 10 N–H and O–H groups in total. The predicted molar refractivity (Wildman–Crippen MR) is 210 cm³/mol. The first-order valence-corrected chi connectivity index (χ1v) is 20.1. The second-order valence-corrected chi connectivity index (χ2v) is 16.1. The van der Waals surface area contributed by atoms with Crippen molar-refractivity contribution in [1.82, 2.24) is 0 Å². The van der Waals surface area contributed by atoms with E-state index in [-0.39, 0.29) is 66.9 Å². The molecule has 0 amide bonds. The third-order valence-electron chi connectivity index (χ3n) is 8.10. The zero-order chi connectivity index (χ0) is 40.6. The monoisotopic (exact) mass is 888 g/mol. The van der Waals surface area contributed by atoms with Crippen LogP contribution in [-0.4, -0.2) is 64.7 Å². The molecule has 1 radical (unpaired) electrons. The van der Waals surface area contributed by atoms with Gasteiger partial charge in [-0.1, -0.05) is 12.1 Å². The first-order valence-electron chi connectivity index (χ1n) is 15.7. The molecule has 23 heteroatoms. The van der Waals surface area contributed by atoms with Crippen LogP contribution in [0.4, 0.5) is 39.8 Å². The van der Waals surface area contributed by atoms with Crippen LogP contribution in [0, 0.1) is 0 Å².